The van der Waals surface area contributed by atoms with Crippen LogP contribution in [0.3, 0.4) is 0 Å². The van der Waals surface area contributed by atoms with E-state index in [0.717, 1.165) is 5.57 Å². The molecule has 0 aliphatic carbocycles. The molecule has 1 amide bonds. The minimum absolute atomic E-state index is 0.0444. The molecule has 0 saturated carbocycles. The third-order valence-corrected chi connectivity index (χ3v) is 6.73. The quantitative estimate of drug-likeness (QED) is 0.603. The number of carbonyl (C=O) groups is 2. The Balaban J connectivity index is 1.69. The summed E-state index contributed by atoms with van der Waals surface area (Å²) >= 11 is 0. The minimum Gasteiger partial charge on any atom is -0.466 e. The molecular weight excluding hydrogens is 426 g/mol. The van der Waals surface area contributed by atoms with Crippen LogP contribution in [0.4, 0.5) is 0 Å². The second-order valence-corrected chi connectivity index (χ2v) is 8.91. The van der Waals surface area contributed by atoms with Crippen LogP contribution >= 0.6 is 0 Å². The van der Waals surface area contributed by atoms with E-state index >= 15 is 0 Å². The maximum atomic E-state index is 12.5. The molecule has 4 rings (SSSR count). The Morgan fingerprint density at radius 1 is 0.882 bits per heavy atom. The van der Waals surface area contributed by atoms with Crippen molar-refractivity contribution in [1.29, 1.82) is 0 Å². The van der Waals surface area contributed by atoms with E-state index < -0.39 is 0 Å². The van der Waals surface area contributed by atoms with Crippen molar-refractivity contribution < 1.29 is 14.3 Å². The molecule has 6 nitrogen and oxygen atoms in total. The van der Waals surface area contributed by atoms with Crippen molar-refractivity contribution in [2.45, 2.75) is 44.6 Å². The van der Waals surface area contributed by atoms with Gasteiger partial charge >= 0.3 is 5.97 Å². The summed E-state index contributed by atoms with van der Waals surface area (Å²) in [7, 11) is 4.28. The summed E-state index contributed by atoms with van der Waals surface area (Å²) in [4.78, 5) is 31.0. The van der Waals surface area contributed by atoms with E-state index in [2.05, 4.69) is 78.5 Å². The van der Waals surface area contributed by atoms with E-state index in [9.17, 15) is 9.59 Å². The van der Waals surface area contributed by atoms with E-state index in [1.165, 1.54) is 18.1 Å². The molecule has 34 heavy (non-hydrogen) atoms. The van der Waals surface area contributed by atoms with Crippen LogP contribution in [0, 0.1) is 0 Å². The highest BCUT2D eigenvalue weighted by atomic mass is 16.5. The number of ether oxygens (including phenoxy) is 1. The third kappa shape index (κ3) is 4.69. The fraction of sp³-hybridized carbons (Fsp3) is 0.357. The number of hydrogen-bond donors (Lipinski definition) is 0. The van der Waals surface area contributed by atoms with E-state index in [1.54, 1.807) is 11.8 Å². The summed E-state index contributed by atoms with van der Waals surface area (Å²) in [6.45, 7) is 3.65. The number of amides is 1. The van der Waals surface area contributed by atoms with Gasteiger partial charge in [-0.15, -0.1) is 0 Å². The molecule has 0 N–H and O–H groups in total. The lowest BCUT2D eigenvalue weighted by molar-refractivity contribution is -0.144. The predicted molar refractivity (Wildman–Crippen MR) is 132 cm³/mol. The molecule has 2 heterocycles. The van der Waals surface area contributed by atoms with Crippen LogP contribution in [0.2, 0.25) is 0 Å². The first-order chi connectivity index (χ1) is 16.4. The van der Waals surface area contributed by atoms with Crippen molar-refractivity contribution in [1.82, 2.24) is 14.7 Å². The Labute approximate surface area is 202 Å². The SMILES string of the molecule is CCOC(=O)CC1C=CC(C2N(C)[C@@H](c3ccccc3)[C@H](c3ccccc3)N2C)=CN1C(C)=O. The highest BCUT2D eigenvalue weighted by Crippen LogP contribution is 2.47. The van der Waals surface area contributed by atoms with Gasteiger partial charge in [0.1, 0.15) is 0 Å². The van der Waals surface area contributed by atoms with Crippen molar-refractivity contribution in [2.75, 3.05) is 20.7 Å². The summed E-state index contributed by atoms with van der Waals surface area (Å²) in [5.74, 6) is -0.401. The molecule has 2 aliphatic rings. The van der Waals surface area contributed by atoms with Crippen LogP contribution in [-0.2, 0) is 14.3 Å². The van der Waals surface area contributed by atoms with Crippen molar-refractivity contribution >= 4 is 11.9 Å². The van der Waals surface area contributed by atoms with E-state index in [4.69, 9.17) is 4.74 Å². The van der Waals surface area contributed by atoms with Gasteiger partial charge in [0.25, 0.3) is 0 Å². The summed E-state index contributed by atoms with van der Waals surface area (Å²) < 4.78 is 5.11. The van der Waals surface area contributed by atoms with Crippen molar-refractivity contribution in [3.8, 4) is 0 Å². The number of rotatable bonds is 6. The lowest BCUT2D eigenvalue weighted by Gasteiger charge is -2.34. The second-order valence-electron chi connectivity index (χ2n) is 8.91. The third-order valence-electron chi connectivity index (χ3n) is 6.73. The summed E-state index contributed by atoms with van der Waals surface area (Å²) in [5, 5.41) is 0. The van der Waals surface area contributed by atoms with Crippen LogP contribution in [0.15, 0.2) is 84.6 Å². The van der Waals surface area contributed by atoms with Gasteiger partial charge in [-0.1, -0.05) is 72.8 Å². The molecule has 2 aromatic carbocycles. The number of nitrogens with zero attached hydrogens (tertiary/aromatic N) is 3. The summed E-state index contributed by atoms with van der Waals surface area (Å²) in [5.41, 5.74) is 3.51. The van der Waals surface area contributed by atoms with Gasteiger partial charge in [-0.3, -0.25) is 19.4 Å². The Hall–Kier alpha value is -3.22. The van der Waals surface area contributed by atoms with E-state index in [1.807, 2.05) is 24.4 Å². The molecule has 1 unspecified atom stereocenters. The zero-order valence-corrected chi connectivity index (χ0v) is 20.3. The number of benzene rings is 2. The Kier molecular flexibility index (Phi) is 7.29. The molecule has 3 atom stereocenters. The minimum atomic E-state index is -0.341. The van der Waals surface area contributed by atoms with Crippen molar-refractivity contribution in [3.63, 3.8) is 0 Å². The van der Waals surface area contributed by atoms with Gasteiger partial charge in [0, 0.05) is 13.1 Å². The number of carbonyl (C=O) groups excluding carboxylic acids is 2. The highest BCUT2D eigenvalue weighted by molar-refractivity contribution is 5.78. The maximum absolute atomic E-state index is 12.5. The first-order valence-electron chi connectivity index (χ1n) is 11.8. The van der Waals surface area contributed by atoms with E-state index in [-0.39, 0.29) is 42.6 Å². The zero-order chi connectivity index (χ0) is 24.2. The largest absolute Gasteiger partial charge is 0.466 e. The van der Waals surface area contributed by atoms with Crippen molar-refractivity contribution in [2.24, 2.45) is 0 Å². The average Bonchev–Trinajstić information content (AvgIpc) is 3.10. The van der Waals surface area contributed by atoms with Crippen LogP contribution in [0.25, 0.3) is 0 Å². The van der Waals surface area contributed by atoms with Gasteiger partial charge in [0.2, 0.25) is 5.91 Å². The van der Waals surface area contributed by atoms with Gasteiger partial charge < -0.3 is 9.64 Å². The molecule has 1 fully saturated rings. The van der Waals surface area contributed by atoms with E-state index in [0.29, 0.717) is 6.61 Å². The first kappa shape index (κ1) is 23.9. The fourth-order valence-electron chi connectivity index (χ4n) is 5.29. The normalized spacial score (nSPS) is 23.7. The van der Waals surface area contributed by atoms with Crippen LogP contribution < -0.4 is 0 Å². The maximum Gasteiger partial charge on any atom is 0.308 e. The molecule has 2 aliphatic heterocycles. The van der Waals surface area contributed by atoms with Gasteiger partial charge in [0.15, 0.2) is 0 Å². The van der Waals surface area contributed by atoms with Gasteiger partial charge in [0.05, 0.1) is 37.3 Å². The molecule has 2 aromatic rings. The van der Waals surface area contributed by atoms with Crippen LogP contribution in [-0.4, -0.2) is 59.5 Å². The Morgan fingerprint density at radius 3 is 1.88 bits per heavy atom. The van der Waals surface area contributed by atoms with Gasteiger partial charge in [-0.2, -0.15) is 0 Å². The molecule has 0 bridgehead atoms. The molecule has 178 valence electrons. The predicted octanol–water partition coefficient (Wildman–Crippen LogP) is 4.30. The lowest BCUT2D eigenvalue weighted by atomic mass is 9.93. The zero-order valence-electron chi connectivity index (χ0n) is 20.3. The summed E-state index contributed by atoms with van der Waals surface area (Å²) in [6.07, 6.45) is 6.00. The molecular formula is C28H33N3O3. The standard InChI is InChI=1S/C28H33N3O3/c1-5-34-25(33)18-24-17-16-23(19-31(24)20(2)32)28-29(3)26(21-12-8-6-9-13-21)27(30(28)4)22-14-10-7-11-15-22/h6-17,19,24,26-28H,5,18H2,1-4H3/t24?,26-,27-/m0/s1. The Bertz CT molecular complexity index is 1020. The number of hydrogen-bond acceptors (Lipinski definition) is 5. The monoisotopic (exact) mass is 459 g/mol. The first-order valence-corrected chi connectivity index (χ1v) is 11.8. The molecule has 0 spiro atoms. The fourth-order valence-corrected chi connectivity index (χ4v) is 5.29. The van der Waals surface area contributed by atoms with Gasteiger partial charge in [-0.25, -0.2) is 0 Å². The second kappa shape index (κ2) is 10.4. The number of esters is 1. The smallest absolute Gasteiger partial charge is 0.308 e. The average molecular weight is 460 g/mol. The topological polar surface area (TPSA) is 53.1 Å². The van der Waals surface area contributed by atoms with Crippen LogP contribution in [0.1, 0.15) is 43.5 Å². The number of likely N-dealkylation sites (N-methyl/N-ethyl adjacent to an activating group) is 2. The lowest BCUT2D eigenvalue weighted by Crippen LogP contribution is -2.42. The van der Waals surface area contributed by atoms with Gasteiger partial charge in [-0.05, 0) is 37.7 Å². The van der Waals surface area contributed by atoms with Crippen LogP contribution in [0.5, 0.6) is 0 Å². The molecule has 0 aromatic heterocycles. The molecule has 0 radical (unpaired) electrons. The van der Waals surface area contributed by atoms with Crippen molar-refractivity contribution in [3.05, 3.63) is 95.7 Å². The molecule has 6 heteroatoms. The highest BCUT2D eigenvalue weighted by Gasteiger charge is 2.46. The summed E-state index contributed by atoms with van der Waals surface area (Å²) in [6, 6.07) is 21.0. The Morgan fingerprint density at radius 2 is 1.41 bits per heavy atom. The molecule has 1 saturated heterocycles.